The summed E-state index contributed by atoms with van der Waals surface area (Å²) in [4.78, 5) is 14.8. The number of piperidine rings is 1. The molecule has 0 radical (unpaired) electrons. The number of tetrazole rings is 1. The Labute approximate surface area is 158 Å². The molecule has 1 aromatic heterocycles. The molecular weight excluding hydrogens is 346 g/mol. The molecule has 2 fully saturated rings. The van der Waals surface area contributed by atoms with E-state index in [1.54, 1.807) is 0 Å². The van der Waals surface area contributed by atoms with Gasteiger partial charge in [0.2, 0.25) is 11.1 Å². The summed E-state index contributed by atoms with van der Waals surface area (Å²) in [7, 11) is 0. The Morgan fingerprint density at radius 3 is 2.62 bits per heavy atom. The zero-order valence-corrected chi connectivity index (χ0v) is 15.9. The summed E-state index contributed by atoms with van der Waals surface area (Å²) in [6, 6.07) is 11.1. The van der Waals surface area contributed by atoms with Crippen LogP contribution in [0.5, 0.6) is 0 Å². The first-order valence-electron chi connectivity index (χ1n) is 9.48. The molecule has 0 N–H and O–H groups in total. The van der Waals surface area contributed by atoms with Crippen molar-refractivity contribution in [2.45, 2.75) is 55.5 Å². The Balaban J connectivity index is 1.28. The monoisotopic (exact) mass is 371 g/mol. The normalized spacial score (nSPS) is 19.5. The van der Waals surface area contributed by atoms with E-state index < -0.39 is 0 Å². The van der Waals surface area contributed by atoms with Gasteiger partial charge >= 0.3 is 0 Å². The number of aromatic nitrogens is 4. The van der Waals surface area contributed by atoms with Gasteiger partial charge in [0.25, 0.3) is 0 Å². The summed E-state index contributed by atoms with van der Waals surface area (Å²) < 4.78 is 1.88. The summed E-state index contributed by atoms with van der Waals surface area (Å²) in [5.74, 6) is 0.880. The lowest BCUT2D eigenvalue weighted by atomic mass is 9.90. The molecule has 1 amide bonds. The van der Waals surface area contributed by atoms with Crippen LogP contribution in [0.2, 0.25) is 0 Å². The van der Waals surface area contributed by atoms with Crippen LogP contribution in [0.1, 0.15) is 44.2 Å². The highest BCUT2D eigenvalue weighted by molar-refractivity contribution is 8.00. The first-order chi connectivity index (χ1) is 12.7. The van der Waals surface area contributed by atoms with Crippen LogP contribution in [0.3, 0.4) is 0 Å². The van der Waals surface area contributed by atoms with Crippen LogP contribution in [-0.4, -0.2) is 49.4 Å². The molecule has 1 unspecified atom stereocenters. The molecule has 2 aliphatic rings. The van der Waals surface area contributed by atoms with Crippen molar-refractivity contribution in [3.63, 3.8) is 0 Å². The van der Waals surface area contributed by atoms with Crippen LogP contribution < -0.4 is 0 Å². The van der Waals surface area contributed by atoms with Crippen LogP contribution in [0.4, 0.5) is 0 Å². The molecule has 138 valence electrons. The van der Waals surface area contributed by atoms with Gasteiger partial charge in [0.15, 0.2) is 0 Å². The lowest BCUT2D eigenvalue weighted by molar-refractivity contribution is -0.131. The van der Waals surface area contributed by atoms with Crippen molar-refractivity contribution >= 4 is 17.7 Å². The Kier molecular flexibility index (Phi) is 5.24. The van der Waals surface area contributed by atoms with Crippen molar-refractivity contribution in [1.82, 2.24) is 25.1 Å². The number of hydrogen-bond donors (Lipinski definition) is 0. The van der Waals surface area contributed by atoms with E-state index in [4.69, 9.17) is 0 Å². The smallest absolute Gasteiger partial charge is 0.235 e. The molecule has 1 saturated heterocycles. The molecular formula is C19H25N5OS. The molecule has 6 nitrogen and oxygen atoms in total. The molecule has 0 spiro atoms. The molecule has 2 aromatic rings. The lowest BCUT2D eigenvalue weighted by Crippen LogP contribution is -2.42. The second kappa shape index (κ2) is 7.78. The molecule has 1 aliphatic heterocycles. The number of amides is 1. The zero-order valence-electron chi connectivity index (χ0n) is 15.1. The van der Waals surface area contributed by atoms with Crippen molar-refractivity contribution in [1.29, 1.82) is 0 Å². The van der Waals surface area contributed by atoms with Crippen LogP contribution in [0.15, 0.2) is 35.5 Å². The summed E-state index contributed by atoms with van der Waals surface area (Å²) in [5, 5.41) is 12.6. The maximum absolute atomic E-state index is 12.8. The highest BCUT2D eigenvalue weighted by Crippen LogP contribution is 2.37. The quantitative estimate of drug-likeness (QED) is 0.731. The van der Waals surface area contributed by atoms with Gasteiger partial charge in [-0.2, -0.15) is 0 Å². The first kappa shape index (κ1) is 17.5. The van der Waals surface area contributed by atoms with E-state index in [-0.39, 0.29) is 11.2 Å². The largest absolute Gasteiger partial charge is 0.342 e. The van der Waals surface area contributed by atoms with Crippen LogP contribution in [0, 0.1) is 5.92 Å². The van der Waals surface area contributed by atoms with Gasteiger partial charge in [-0.15, -0.1) is 5.10 Å². The van der Waals surface area contributed by atoms with Gasteiger partial charge in [-0.25, -0.2) is 4.68 Å². The van der Waals surface area contributed by atoms with E-state index >= 15 is 0 Å². The summed E-state index contributed by atoms with van der Waals surface area (Å²) in [6.07, 6.45) is 5.55. The number of benzene rings is 1. The van der Waals surface area contributed by atoms with Crippen LogP contribution >= 0.6 is 11.8 Å². The minimum atomic E-state index is -0.149. The molecule has 1 aromatic carbocycles. The van der Waals surface area contributed by atoms with Crippen molar-refractivity contribution in [2.24, 2.45) is 5.92 Å². The Bertz CT molecular complexity index is 737. The van der Waals surface area contributed by atoms with Crippen molar-refractivity contribution in [2.75, 3.05) is 13.1 Å². The van der Waals surface area contributed by atoms with Crippen LogP contribution in [0.25, 0.3) is 0 Å². The molecule has 1 aliphatic carbocycles. The number of likely N-dealkylation sites (tertiary alicyclic amines) is 1. The van der Waals surface area contributed by atoms with Crippen LogP contribution in [-0.2, 0) is 11.2 Å². The Morgan fingerprint density at radius 2 is 1.92 bits per heavy atom. The van der Waals surface area contributed by atoms with E-state index in [9.17, 15) is 4.79 Å². The zero-order chi connectivity index (χ0) is 17.9. The Hall–Kier alpha value is -1.89. The predicted octanol–water partition coefficient (Wildman–Crippen LogP) is 2.97. The van der Waals surface area contributed by atoms with E-state index in [1.165, 1.54) is 17.3 Å². The van der Waals surface area contributed by atoms with Crippen molar-refractivity contribution in [3.8, 4) is 0 Å². The molecule has 0 bridgehead atoms. The molecule has 7 heteroatoms. The number of hydrogen-bond acceptors (Lipinski definition) is 5. The fourth-order valence-electron chi connectivity index (χ4n) is 3.58. The fourth-order valence-corrected chi connectivity index (χ4v) is 4.53. The SMILES string of the molecule is CC(Sc1nnnn1C1CC1)C(=O)N1CCC(Cc2ccccc2)CC1. The minimum absolute atomic E-state index is 0.149. The molecule has 2 heterocycles. The summed E-state index contributed by atoms with van der Waals surface area (Å²) in [6.45, 7) is 3.68. The molecule has 26 heavy (non-hydrogen) atoms. The highest BCUT2D eigenvalue weighted by atomic mass is 32.2. The second-order valence-corrected chi connectivity index (χ2v) is 8.66. The fraction of sp³-hybridized carbons (Fsp3) is 0.579. The van der Waals surface area contributed by atoms with E-state index in [1.807, 2.05) is 16.5 Å². The number of carbonyl (C=O) groups is 1. The topological polar surface area (TPSA) is 63.9 Å². The third-order valence-corrected chi connectivity index (χ3v) is 6.31. The highest BCUT2D eigenvalue weighted by Gasteiger charge is 2.31. The third kappa shape index (κ3) is 4.09. The number of nitrogens with zero attached hydrogens (tertiary/aromatic N) is 5. The minimum Gasteiger partial charge on any atom is -0.342 e. The lowest BCUT2D eigenvalue weighted by Gasteiger charge is -2.33. The molecule has 1 atom stereocenters. The maximum Gasteiger partial charge on any atom is 0.235 e. The van der Waals surface area contributed by atoms with E-state index in [0.717, 1.165) is 50.4 Å². The standard InChI is InChI=1S/C19H25N5OS/c1-14(26-19-20-21-22-24(19)17-7-8-17)18(25)23-11-9-16(10-12-23)13-15-5-3-2-4-6-15/h2-6,14,16-17H,7-13H2,1H3. The summed E-state index contributed by atoms with van der Waals surface area (Å²) >= 11 is 1.49. The van der Waals surface area contributed by atoms with Gasteiger partial charge in [-0.3, -0.25) is 4.79 Å². The average molecular weight is 372 g/mol. The van der Waals surface area contributed by atoms with Gasteiger partial charge in [0, 0.05) is 13.1 Å². The van der Waals surface area contributed by atoms with Gasteiger partial charge in [0.05, 0.1) is 11.3 Å². The number of thioether (sulfide) groups is 1. The van der Waals surface area contributed by atoms with Gasteiger partial charge < -0.3 is 4.90 Å². The first-order valence-corrected chi connectivity index (χ1v) is 10.4. The molecule has 4 rings (SSSR count). The molecule has 1 saturated carbocycles. The van der Waals surface area contributed by atoms with E-state index in [2.05, 4.69) is 45.9 Å². The van der Waals surface area contributed by atoms with Gasteiger partial charge in [-0.1, -0.05) is 42.1 Å². The second-order valence-electron chi connectivity index (χ2n) is 7.36. The summed E-state index contributed by atoms with van der Waals surface area (Å²) in [5.41, 5.74) is 1.40. The third-order valence-electron chi connectivity index (χ3n) is 5.28. The number of carbonyl (C=O) groups excluding carboxylic acids is 1. The van der Waals surface area contributed by atoms with Crippen molar-refractivity contribution in [3.05, 3.63) is 35.9 Å². The van der Waals surface area contributed by atoms with Gasteiger partial charge in [-0.05, 0) is 60.9 Å². The van der Waals surface area contributed by atoms with Crippen molar-refractivity contribution < 1.29 is 4.79 Å². The average Bonchev–Trinajstić information content (AvgIpc) is 3.42. The number of rotatable bonds is 6. The maximum atomic E-state index is 12.8. The predicted molar refractivity (Wildman–Crippen MR) is 101 cm³/mol. The Morgan fingerprint density at radius 1 is 1.19 bits per heavy atom. The van der Waals surface area contributed by atoms with Gasteiger partial charge in [0.1, 0.15) is 0 Å². The van der Waals surface area contributed by atoms with E-state index in [0.29, 0.717) is 12.0 Å².